The second kappa shape index (κ2) is 6.86. The third-order valence-electron chi connectivity index (χ3n) is 3.99. The monoisotopic (exact) mass is 332 g/mol. The standard InChI is InChI=1S/C18H18F2N2O2/c1-24-15-6-2-5-14(10-15)21-17(23)11-22-7-3-4-12-8-13(19)9-16(20)18(12)22/h2,5-6,8-10H,3-4,7,11H2,1H3,(H,21,23). The lowest BCUT2D eigenvalue weighted by Crippen LogP contribution is -2.37. The summed E-state index contributed by atoms with van der Waals surface area (Å²) in [6.45, 7) is 0.563. The first-order chi connectivity index (χ1) is 11.6. The van der Waals surface area contributed by atoms with Crippen LogP contribution in [0.2, 0.25) is 0 Å². The quantitative estimate of drug-likeness (QED) is 0.933. The van der Waals surface area contributed by atoms with Crippen molar-refractivity contribution in [3.05, 3.63) is 53.6 Å². The van der Waals surface area contributed by atoms with Crippen molar-refractivity contribution in [2.24, 2.45) is 0 Å². The van der Waals surface area contributed by atoms with Gasteiger partial charge in [-0.15, -0.1) is 0 Å². The summed E-state index contributed by atoms with van der Waals surface area (Å²) in [6, 6.07) is 9.20. The molecule has 0 unspecified atom stereocenters. The zero-order chi connectivity index (χ0) is 17.1. The van der Waals surface area contributed by atoms with E-state index in [-0.39, 0.29) is 12.5 Å². The summed E-state index contributed by atoms with van der Waals surface area (Å²) in [5.41, 5.74) is 1.53. The van der Waals surface area contributed by atoms with Crippen LogP contribution in [0, 0.1) is 11.6 Å². The smallest absolute Gasteiger partial charge is 0.243 e. The van der Waals surface area contributed by atoms with Crippen LogP contribution in [-0.4, -0.2) is 26.1 Å². The Morgan fingerprint density at radius 2 is 2.12 bits per heavy atom. The lowest BCUT2D eigenvalue weighted by atomic mass is 10.0. The molecule has 6 heteroatoms. The molecule has 0 atom stereocenters. The van der Waals surface area contributed by atoms with Crippen LogP contribution in [-0.2, 0) is 11.2 Å². The Balaban J connectivity index is 1.74. The third-order valence-corrected chi connectivity index (χ3v) is 3.99. The van der Waals surface area contributed by atoms with Gasteiger partial charge in [0.2, 0.25) is 5.91 Å². The first-order valence-electron chi connectivity index (χ1n) is 7.73. The van der Waals surface area contributed by atoms with Crippen molar-refractivity contribution < 1.29 is 18.3 Å². The summed E-state index contributed by atoms with van der Waals surface area (Å²) in [4.78, 5) is 13.9. The molecule has 0 bridgehead atoms. The van der Waals surface area contributed by atoms with E-state index in [2.05, 4.69) is 5.32 Å². The number of ether oxygens (including phenoxy) is 1. The number of nitrogens with one attached hydrogen (secondary N) is 1. The topological polar surface area (TPSA) is 41.6 Å². The maximum absolute atomic E-state index is 14.1. The largest absolute Gasteiger partial charge is 0.497 e. The molecule has 0 aromatic heterocycles. The molecule has 0 aliphatic carbocycles. The minimum absolute atomic E-state index is 0.00671. The van der Waals surface area contributed by atoms with Gasteiger partial charge in [0.1, 0.15) is 17.4 Å². The minimum atomic E-state index is -0.626. The second-order valence-corrected chi connectivity index (χ2v) is 5.70. The number of rotatable bonds is 4. The average molecular weight is 332 g/mol. The van der Waals surface area contributed by atoms with E-state index < -0.39 is 11.6 Å². The van der Waals surface area contributed by atoms with Crippen LogP contribution < -0.4 is 15.0 Å². The van der Waals surface area contributed by atoms with E-state index in [0.717, 1.165) is 12.5 Å². The van der Waals surface area contributed by atoms with Gasteiger partial charge in [0.05, 0.1) is 19.3 Å². The van der Waals surface area contributed by atoms with Gasteiger partial charge in [-0.25, -0.2) is 8.78 Å². The van der Waals surface area contributed by atoms with E-state index in [1.165, 1.54) is 6.07 Å². The van der Waals surface area contributed by atoms with E-state index in [4.69, 9.17) is 4.74 Å². The highest BCUT2D eigenvalue weighted by Gasteiger charge is 2.23. The van der Waals surface area contributed by atoms with Gasteiger partial charge in [0.25, 0.3) is 0 Å². The lowest BCUT2D eigenvalue weighted by molar-refractivity contribution is -0.115. The molecule has 0 saturated heterocycles. The number of carbonyl (C=O) groups excluding carboxylic acids is 1. The number of halogens is 2. The van der Waals surface area contributed by atoms with Gasteiger partial charge >= 0.3 is 0 Å². The molecule has 1 aliphatic heterocycles. The van der Waals surface area contributed by atoms with Gasteiger partial charge in [-0.1, -0.05) is 6.07 Å². The Kier molecular flexibility index (Phi) is 4.64. The van der Waals surface area contributed by atoms with Crippen LogP contribution in [0.5, 0.6) is 5.75 Å². The van der Waals surface area contributed by atoms with Crippen LogP contribution in [0.15, 0.2) is 36.4 Å². The highest BCUT2D eigenvalue weighted by molar-refractivity contribution is 5.94. The second-order valence-electron chi connectivity index (χ2n) is 5.70. The summed E-state index contributed by atoms with van der Waals surface area (Å²) in [7, 11) is 1.55. The number of carbonyl (C=O) groups is 1. The molecular formula is C18H18F2N2O2. The highest BCUT2D eigenvalue weighted by atomic mass is 19.1. The zero-order valence-corrected chi connectivity index (χ0v) is 13.3. The maximum atomic E-state index is 14.1. The number of nitrogens with zero attached hydrogens (tertiary/aromatic N) is 1. The number of hydrogen-bond donors (Lipinski definition) is 1. The molecule has 1 N–H and O–H groups in total. The van der Waals surface area contributed by atoms with Crippen molar-refractivity contribution in [2.75, 3.05) is 30.4 Å². The Hall–Kier alpha value is -2.63. The van der Waals surface area contributed by atoms with Crippen molar-refractivity contribution in [3.8, 4) is 5.75 Å². The predicted octanol–water partition coefficient (Wildman–Crippen LogP) is 3.36. The zero-order valence-electron chi connectivity index (χ0n) is 13.3. The number of benzene rings is 2. The lowest BCUT2D eigenvalue weighted by Gasteiger charge is -2.31. The molecule has 2 aromatic carbocycles. The highest BCUT2D eigenvalue weighted by Crippen LogP contribution is 2.30. The number of methoxy groups -OCH3 is 1. The normalized spacial score (nSPS) is 13.4. The van der Waals surface area contributed by atoms with Crippen molar-refractivity contribution >= 4 is 17.3 Å². The maximum Gasteiger partial charge on any atom is 0.243 e. The predicted molar refractivity (Wildman–Crippen MR) is 88.5 cm³/mol. The fourth-order valence-corrected chi connectivity index (χ4v) is 2.97. The summed E-state index contributed by atoms with van der Waals surface area (Å²) < 4.78 is 32.6. The van der Waals surface area contributed by atoms with Crippen molar-refractivity contribution in [1.82, 2.24) is 0 Å². The van der Waals surface area contributed by atoms with Crippen molar-refractivity contribution in [1.29, 1.82) is 0 Å². The van der Waals surface area contributed by atoms with E-state index in [0.29, 0.717) is 35.7 Å². The molecule has 126 valence electrons. The minimum Gasteiger partial charge on any atom is -0.497 e. The number of hydrogen-bond acceptors (Lipinski definition) is 3. The first-order valence-corrected chi connectivity index (χ1v) is 7.73. The fourth-order valence-electron chi connectivity index (χ4n) is 2.97. The van der Waals surface area contributed by atoms with Gasteiger partial charge in [0, 0.05) is 24.4 Å². The van der Waals surface area contributed by atoms with Gasteiger partial charge in [-0.05, 0) is 36.6 Å². The molecular weight excluding hydrogens is 314 g/mol. The molecule has 24 heavy (non-hydrogen) atoms. The molecule has 1 amide bonds. The average Bonchev–Trinajstić information content (AvgIpc) is 2.54. The van der Waals surface area contributed by atoms with Crippen LogP contribution in [0.3, 0.4) is 0 Å². The molecule has 3 rings (SSSR count). The van der Waals surface area contributed by atoms with Gasteiger partial charge in [-0.2, -0.15) is 0 Å². The fraction of sp³-hybridized carbons (Fsp3) is 0.278. The van der Waals surface area contributed by atoms with Crippen LogP contribution in [0.25, 0.3) is 0 Å². The first kappa shape index (κ1) is 16.2. The van der Waals surface area contributed by atoms with Crippen molar-refractivity contribution in [3.63, 3.8) is 0 Å². The van der Waals surface area contributed by atoms with Gasteiger partial charge in [-0.3, -0.25) is 4.79 Å². The van der Waals surface area contributed by atoms with E-state index in [9.17, 15) is 13.6 Å². The van der Waals surface area contributed by atoms with E-state index in [1.54, 1.807) is 36.3 Å². The molecule has 0 radical (unpaired) electrons. The summed E-state index contributed by atoms with van der Waals surface area (Å²) in [5, 5.41) is 2.77. The van der Waals surface area contributed by atoms with E-state index >= 15 is 0 Å². The molecule has 0 fully saturated rings. The van der Waals surface area contributed by atoms with E-state index in [1.807, 2.05) is 0 Å². The summed E-state index contributed by atoms with van der Waals surface area (Å²) in [5.74, 6) is -0.842. The molecule has 0 saturated carbocycles. The number of fused-ring (bicyclic) bond motifs is 1. The number of amides is 1. The van der Waals surface area contributed by atoms with Crippen LogP contribution >= 0.6 is 0 Å². The molecule has 4 nitrogen and oxygen atoms in total. The molecule has 0 spiro atoms. The number of aryl methyl sites for hydroxylation is 1. The van der Waals surface area contributed by atoms with Crippen LogP contribution in [0.4, 0.5) is 20.2 Å². The third kappa shape index (κ3) is 3.48. The molecule has 2 aromatic rings. The van der Waals surface area contributed by atoms with Crippen LogP contribution in [0.1, 0.15) is 12.0 Å². The Bertz CT molecular complexity index is 765. The van der Waals surface area contributed by atoms with Crippen molar-refractivity contribution in [2.45, 2.75) is 12.8 Å². The number of anilines is 2. The van der Waals surface area contributed by atoms with Gasteiger partial charge in [0.15, 0.2) is 0 Å². The molecule has 1 heterocycles. The Labute approximate surface area is 139 Å². The summed E-state index contributed by atoms with van der Waals surface area (Å²) in [6.07, 6.45) is 1.36. The Morgan fingerprint density at radius 3 is 2.92 bits per heavy atom. The summed E-state index contributed by atoms with van der Waals surface area (Å²) >= 11 is 0. The SMILES string of the molecule is COc1cccc(NC(=O)CN2CCCc3cc(F)cc(F)c32)c1. The Morgan fingerprint density at radius 1 is 1.29 bits per heavy atom. The van der Waals surface area contributed by atoms with Gasteiger partial charge < -0.3 is 15.0 Å². The molecule has 1 aliphatic rings.